The van der Waals surface area contributed by atoms with Gasteiger partial charge < -0.3 is 20.1 Å². The van der Waals surface area contributed by atoms with Gasteiger partial charge in [-0.05, 0) is 58.7 Å². The summed E-state index contributed by atoms with van der Waals surface area (Å²) in [6.07, 6.45) is 12.0. The van der Waals surface area contributed by atoms with Crippen LogP contribution >= 0.6 is 0 Å². The van der Waals surface area contributed by atoms with Crippen molar-refractivity contribution in [1.29, 1.82) is 0 Å². The maximum absolute atomic E-state index is 13.2. The van der Waals surface area contributed by atoms with E-state index >= 15 is 0 Å². The fourth-order valence-electron chi connectivity index (χ4n) is 6.83. The molecule has 4 rings (SSSR count). The van der Waals surface area contributed by atoms with Crippen molar-refractivity contribution in [2.24, 2.45) is 11.8 Å². The number of amides is 2. The van der Waals surface area contributed by atoms with Crippen molar-refractivity contribution in [3.63, 3.8) is 0 Å². The Balaban J connectivity index is 1.22. The maximum Gasteiger partial charge on any atom is 0.325 e. The predicted molar refractivity (Wildman–Crippen MR) is 207 cm³/mol. The molecule has 1 unspecified atom stereocenters. The first-order chi connectivity index (χ1) is 25.6. The largest absolute Gasteiger partial charge is 0.465 e. The Morgan fingerprint density at radius 3 is 1.77 bits per heavy atom. The van der Waals surface area contributed by atoms with Crippen molar-refractivity contribution in [3.05, 3.63) is 60.2 Å². The molecule has 0 heterocycles. The van der Waals surface area contributed by atoms with Crippen molar-refractivity contribution in [2.75, 3.05) is 26.3 Å². The van der Waals surface area contributed by atoms with Gasteiger partial charge in [0.05, 0.1) is 32.1 Å². The number of carbonyl (C=O) groups is 6. The van der Waals surface area contributed by atoms with E-state index in [2.05, 4.69) is 23.6 Å². The highest BCUT2D eigenvalue weighted by Crippen LogP contribution is 2.35. The standard InChI is InChI=1S/C43H54N2O8/c1-4-5-6-7-8-9-10-11-12-13-15-31(27-52-39(49)24-37(29(2)46)30(3)47)28-53-40(50)26-44-38(48)25-45-43(51)36-23-21-34-19-18-32-16-14-17-33-20-22-35(36)42(34)41(32)33/h14,16-23,31,37H,4-13,15,24-28H2,1-3H3,(H,44,48)(H,45,51). The zero-order chi connectivity index (χ0) is 38.2. The third-order valence-electron chi connectivity index (χ3n) is 9.89. The minimum Gasteiger partial charge on any atom is -0.465 e. The number of hydrogen-bond donors (Lipinski definition) is 2. The second-order valence-corrected chi connectivity index (χ2v) is 14.1. The fraction of sp³-hybridized carbons (Fsp3) is 0.488. The summed E-state index contributed by atoms with van der Waals surface area (Å²) in [5, 5.41) is 11.2. The van der Waals surface area contributed by atoms with E-state index in [4.69, 9.17) is 9.47 Å². The smallest absolute Gasteiger partial charge is 0.325 e. The lowest BCUT2D eigenvalue weighted by molar-refractivity contribution is -0.152. The monoisotopic (exact) mass is 726 g/mol. The summed E-state index contributed by atoms with van der Waals surface area (Å²) in [4.78, 5) is 74.4. The van der Waals surface area contributed by atoms with Crippen LogP contribution < -0.4 is 10.6 Å². The van der Waals surface area contributed by atoms with E-state index in [9.17, 15) is 28.8 Å². The second-order valence-electron chi connectivity index (χ2n) is 14.1. The van der Waals surface area contributed by atoms with Gasteiger partial charge in [0.15, 0.2) is 0 Å². The molecule has 0 aliphatic carbocycles. The highest BCUT2D eigenvalue weighted by Gasteiger charge is 2.25. The average molecular weight is 727 g/mol. The molecule has 10 heteroatoms. The number of unbranched alkanes of at least 4 members (excludes halogenated alkanes) is 9. The van der Waals surface area contributed by atoms with Crippen LogP contribution in [0.3, 0.4) is 0 Å². The molecule has 0 aromatic heterocycles. The number of rotatable bonds is 24. The average Bonchev–Trinajstić information content (AvgIpc) is 3.15. The van der Waals surface area contributed by atoms with Gasteiger partial charge in [-0.2, -0.15) is 0 Å². The second kappa shape index (κ2) is 21.0. The topological polar surface area (TPSA) is 145 Å². The molecule has 2 amide bonds. The minimum absolute atomic E-state index is 0.0202. The fourth-order valence-corrected chi connectivity index (χ4v) is 6.83. The molecule has 0 bridgehead atoms. The van der Waals surface area contributed by atoms with E-state index in [1.54, 1.807) is 6.07 Å². The molecule has 0 radical (unpaired) electrons. The Kier molecular flexibility index (Phi) is 16.2. The van der Waals surface area contributed by atoms with Crippen molar-refractivity contribution in [2.45, 2.75) is 97.8 Å². The summed E-state index contributed by atoms with van der Waals surface area (Å²) < 4.78 is 10.9. The number of ketones is 2. The van der Waals surface area contributed by atoms with E-state index in [1.807, 2.05) is 42.5 Å². The molecule has 0 fully saturated rings. The highest BCUT2D eigenvalue weighted by atomic mass is 16.5. The summed E-state index contributed by atoms with van der Waals surface area (Å²) in [7, 11) is 0. The van der Waals surface area contributed by atoms with Crippen molar-refractivity contribution in [3.8, 4) is 0 Å². The van der Waals surface area contributed by atoms with Gasteiger partial charge in [0.1, 0.15) is 18.1 Å². The third kappa shape index (κ3) is 12.4. The van der Waals surface area contributed by atoms with Gasteiger partial charge in [0.25, 0.3) is 5.91 Å². The number of esters is 2. The van der Waals surface area contributed by atoms with Gasteiger partial charge in [-0.25, -0.2) is 0 Å². The van der Waals surface area contributed by atoms with Crippen LogP contribution in [0.4, 0.5) is 0 Å². The molecular formula is C43H54N2O8. The Bertz CT molecular complexity index is 1840. The van der Waals surface area contributed by atoms with E-state index in [1.165, 1.54) is 52.4 Å². The molecule has 0 saturated heterocycles. The first-order valence-corrected chi connectivity index (χ1v) is 19.1. The van der Waals surface area contributed by atoms with E-state index in [0.717, 1.165) is 58.0 Å². The zero-order valence-electron chi connectivity index (χ0n) is 31.4. The first-order valence-electron chi connectivity index (χ1n) is 19.1. The Morgan fingerprint density at radius 1 is 0.604 bits per heavy atom. The van der Waals surface area contributed by atoms with Gasteiger partial charge >= 0.3 is 11.9 Å². The van der Waals surface area contributed by atoms with Gasteiger partial charge in [-0.3, -0.25) is 28.8 Å². The van der Waals surface area contributed by atoms with Crippen LogP contribution in [0, 0.1) is 11.8 Å². The van der Waals surface area contributed by atoms with Crippen LogP contribution in [0.25, 0.3) is 32.3 Å². The van der Waals surface area contributed by atoms with E-state index in [-0.39, 0.29) is 43.7 Å². The number of ether oxygens (including phenoxy) is 2. The lowest BCUT2D eigenvalue weighted by Crippen LogP contribution is -2.39. The van der Waals surface area contributed by atoms with Gasteiger partial charge in [-0.15, -0.1) is 0 Å². The van der Waals surface area contributed by atoms with Crippen LogP contribution in [0.15, 0.2) is 54.6 Å². The van der Waals surface area contributed by atoms with Crippen molar-refractivity contribution < 1.29 is 38.2 Å². The molecular weight excluding hydrogens is 672 g/mol. The van der Waals surface area contributed by atoms with Gasteiger partial charge in [-0.1, -0.05) is 120 Å². The van der Waals surface area contributed by atoms with Gasteiger partial charge in [0.2, 0.25) is 5.91 Å². The summed E-state index contributed by atoms with van der Waals surface area (Å²) in [5.41, 5.74) is 0.454. The Labute approximate surface area is 312 Å². The Morgan fingerprint density at radius 2 is 1.15 bits per heavy atom. The van der Waals surface area contributed by atoms with Crippen molar-refractivity contribution >= 4 is 67.6 Å². The van der Waals surface area contributed by atoms with Crippen LogP contribution in [0.2, 0.25) is 0 Å². The Hall–Kier alpha value is -4.86. The SMILES string of the molecule is CCCCCCCCCCCCC(COC(=O)CNC(=O)CNC(=O)c1ccc2ccc3cccc4ccc1c2c34)COC(=O)CC(C(C)=O)C(C)=O. The first kappa shape index (κ1) is 40.9. The molecule has 0 spiro atoms. The molecule has 4 aromatic carbocycles. The molecule has 10 nitrogen and oxygen atoms in total. The zero-order valence-corrected chi connectivity index (χ0v) is 31.4. The molecule has 284 valence electrons. The molecule has 4 aromatic rings. The van der Waals surface area contributed by atoms with Crippen LogP contribution in [-0.4, -0.2) is 61.6 Å². The molecule has 0 saturated carbocycles. The number of carbonyl (C=O) groups excluding carboxylic acids is 6. The number of Topliss-reactive ketones (excluding diaryl/α,β-unsaturated/α-hetero) is 2. The number of benzene rings is 4. The van der Waals surface area contributed by atoms with Gasteiger partial charge in [0, 0.05) is 11.5 Å². The van der Waals surface area contributed by atoms with E-state index < -0.39 is 36.2 Å². The summed E-state index contributed by atoms with van der Waals surface area (Å²) in [6.45, 7) is 3.99. The van der Waals surface area contributed by atoms with Crippen molar-refractivity contribution in [1.82, 2.24) is 10.6 Å². The molecule has 0 aliphatic heterocycles. The maximum atomic E-state index is 13.2. The van der Waals surface area contributed by atoms with Crippen LogP contribution in [0.5, 0.6) is 0 Å². The summed E-state index contributed by atoms with van der Waals surface area (Å²) >= 11 is 0. The predicted octanol–water partition coefficient (Wildman–Crippen LogP) is 7.63. The van der Waals surface area contributed by atoms with Crippen LogP contribution in [-0.2, 0) is 33.4 Å². The lowest BCUT2D eigenvalue weighted by Gasteiger charge is -2.18. The molecule has 1 atom stereocenters. The molecule has 2 N–H and O–H groups in total. The van der Waals surface area contributed by atoms with E-state index in [0.29, 0.717) is 12.0 Å². The quantitative estimate of drug-likeness (QED) is 0.0325. The summed E-state index contributed by atoms with van der Waals surface area (Å²) in [6, 6.07) is 17.8. The molecule has 53 heavy (non-hydrogen) atoms. The van der Waals surface area contributed by atoms with Crippen LogP contribution in [0.1, 0.15) is 108 Å². The third-order valence-corrected chi connectivity index (χ3v) is 9.89. The summed E-state index contributed by atoms with van der Waals surface area (Å²) in [5.74, 6) is -4.36. The minimum atomic E-state index is -1.03. The molecule has 0 aliphatic rings. The highest BCUT2D eigenvalue weighted by molar-refractivity contribution is 6.26. The number of hydrogen-bond acceptors (Lipinski definition) is 8. The lowest BCUT2D eigenvalue weighted by atomic mass is 9.92. The normalized spacial score (nSPS) is 11.9. The number of nitrogens with one attached hydrogen (secondary N) is 2.